The van der Waals surface area contributed by atoms with Crippen LogP contribution in [-0.2, 0) is 20.8 Å². The van der Waals surface area contributed by atoms with E-state index in [4.69, 9.17) is 19.3 Å². The van der Waals surface area contributed by atoms with Gasteiger partial charge in [0.2, 0.25) is 0 Å². The van der Waals surface area contributed by atoms with Gasteiger partial charge in [-0.25, -0.2) is 0 Å². The molecule has 0 aliphatic heterocycles. The molecule has 0 heterocycles. The molecule has 0 fully saturated rings. The maximum absolute atomic E-state index is 10.6. The predicted molar refractivity (Wildman–Crippen MR) is 107 cm³/mol. The summed E-state index contributed by atoms with van der Waals surface area (Å²) in [5.41, 5.74) is 1.56. The lowest BCUT2D eigenvalue weighted by atomic mass is 9.90. The van der Waals surface area contributed by atoms with Crippen molar-refractivity contribution in [1.82, 2.24) is 0 Å². The predicted octanol–water partition coefficient (Wildman–Crippen LogP) is 3.61. The normalized spacial score (nSPS) is 15.8. The van der Waals surface area contributed by atoms with E-state index in [-0.39, 0.29) is 13.4 Å². The lowest BCUT2D eigenvalue weighted by Gasteiger charge is -2.33. The Kier molecular flexibility index (Phi) is 11.9. The average Bonchev–Trinajstić information content (AvgIpc) is 2.68. The van der Waals surface area contributed by atoms with E-state index < -0.39 is 11.7 Å². The van der Waals surface area contributed by atoms with Gasteiger partial charge in [-0.3, -0.25) is 0 Å². The van der Waals surface area contributed by atoms with Crippen LogP contribution in [0.25, 0.3) is 0 Å². The molecule has 1 rings (SSSR count). The summed E-state index contributed by atoms with van der Waals surface area (Å²) in [5.74, 6) is 0. The van der Waals surface area contributed by atoms with Crippen LogP contribution >= 0.6 is 0 Å². The largest absolute Gasteiger partial charge is 0.392 e. The molecule has 0 aromatic heterocycles. The zero-order valence-corrected chi connectivity index (χ0v) is 16.8. The van der Waals surface area contributed by atoms with E-state index in [9.17, 15) is 5.11 Å². The fourth-order valence-electron chi connectivity index (χ4n) is 2.60. The van der Waals surface area contributed by atoms with Gasteiger partial charge in [-0.15, -0.1) is 0 Å². The van der Waals surface area contributed by atoms with Crippen molar-refractivity contribution in [2.45, 2.75) is 51.4 Å². The van der Waals surface area contributed by atoms with Gasteiger partial charge in [0.25, 0.3) is 0 Å². The summed E-state index contributed by atoms with van der Waals surface area (Å²) in [6.07, 6.45) is 6.70. The van der Waals surface area contributed by atoms with Crippen LogP contribution in [0.5, 0.6) is 0 Å². The molecule has 0 aliphatic rings. The van der Waals surface area contributed by atoms with Crippen LogP contribution < -0.4 is 0 Å². The highest BCUT2D eigenvalue weighted by molar-refractivity contribution is 5.13. The Labute approximate surface area is 163 Å². The molecule has 27 heavy (non-hydrogen) atoms. The number of benzene rings is 1. The molecule has 0 saturated carbocycles. The molecule has 0 amide bonds. The molecule has 5 heteroatoms. The zero-order chi connectivity index (χ0) is 20.0. The number of hydrogen-bond donors (Lipinski definition) is 2. The van der Waals surface area contributed by atoms with E-state index in [1.807, 2.05) is 50.3 Å². The quantitative estimate of drug-likeness (QED) is 0.294. The van der Waals surface area contributed by atoms with E-state index in [1.54, 1.807) is 13.2 Å². The van der Waals surface area contributed by atoms with Gasteiger partial charge in [0, 0.05) is 7.11 Å². The van der Waals surface area contributed by atoms with Gasteiger partial charge < -0.3 is 24.4 Å². The summed E-state index contributed by atoms with van der Waals surface area (Å²) in [6.45, 7) is 5.13. The minimum atomic E-state index is -0.758. The lowest BCUT2D eigenvalue weighted by molar-refractivity contribution is -0.168. The van der Waals surface area contributed by atoms with E-state index in [0.29, 0.717) is 26.1 Å². The van der Waals surface area contributed by atoms with Gasteiger partial charge >= 0.3 is 0 Å². The van der Waals surface area contributed by atoms with E-state index >= 15 is 0 Å². The Morgan fingerprint density at radius 2 is 1.96 bits per heavy atom. The second-order valence-corrected chi connectivity index (χ2v) is 6.83. The van der Waals surface area contributed by atoms with Crippen molar-refractivity contribution in [3.8, 4) is 0 Å². The summed E-state index contributed by atoms with van der Waals surface area (Å²) in [6, 6.07) is 10.1. The number of rotatable bonds is 14. The van der Waals surface area contributed by atoms with Crippen molar-refractivity contribution in [3.63, 3.8) is 0 Å². The lowest BCUT2D eigenvalue weighted by Crippen LogP contribution is -2.42. The summed E-state index contributed by atoms with van der Waals surface area (Å²) in [7, 11) is 1.55. The van der Waals surface area contributed by atoms with E-state index in [1.165, 1.54) is 5.57 Å². The van der Waals surface area contributed by atoms with Gasteiger partial charge in [-0.2, -0.15) is 0 Å². The summed E-state index contributed by atoms with van der Waals surface area (Å²) in [5, 5.41) is 19.5. The first-order valence-corrected chi connectivity index (χ1v) is 9.36. The third-order valence-corrected chi connectivity index (χ3v) is 4.48. The molecular weight excluding hydrogens is 344 g/mol. The highest BCUT2D eigenvalue weighted by Crippen LogP contribution is 2.25. The van der Waals surface area contributed by atoms with Crippen LogP contribution in [-0.4, -0.2) is 49.0 Å². The van der Waals surface area contributed by atoms with Crippen molar-refractivity contribution < 1.29 is 24.4 Å². The molecule has 1 aromatic carbocycles. The first kappa shape index (κ1) is 23.5. The Hall–Kier alpha value is -1.50. The fourth-order valence-corrected chi connectivity index (χ4v) is 2.60. The highest BCUT2D eigenvalue weighted by atomic mass is 16.7. The average molecular weight is 379 g/mol. The monoisotopic (exact) mass is 378 g/mol. The third kappa shape index (κ3) is 9.84. The summed E-state index contributed by atoms with van der Waals surface area (Å²) in [4.78, 5) is 0. The molecular formula is C22H34O5. The Morgan fingerprint density at radius 1 is 1.22 bits per heavy atom. The first-order chi connectivity index (χ1) is 13.0. The van der Waals surface area contributed by atoms with Crippen LogP contribution in [0.2, 0.25) is 0 Å². The number of ether oxygens (including phenoxy) is 3. The van der Waals surface area contributed by atoms with Crippen LogP contribution in [0, 0.1) is 0 Å². The molecule has 5 nitrogen and oxygen atoms in total. The molecule has 0 bridgehead atoms. The highest BCUT2D eigenvalue weighted by Gasteiger charge is 2.32. The number of allylic oxidation sites excluding steroid dienone is 1. The fraction of sp³-hybridized carbons (Fsp3) is 0.545. The minimum Gasteiger partial charge on any atom is -0.392 e. The smallest absolute Gasteiger partial charge is 0.147 e. The second-order valence-electron chi connectivity index (χ2n) is 6.83. The van der Waals surface area contributed by atoms with Crippen molar-refractivity contribution in [1.29, 1.82) is 0 Å². The van der Waals surface area contributed by atoms with Gasteiger partial charge in [-0.05, 0) is 38.7 Å². The van der Waals surface area contributed by atoms with Crippen LogP contribution in [0.4, 0.5) is 0 Å². The molecule has 1 aromatic rings. The van der Waals surface area contributed by atoms with Crippen molar-refractivity contribution in [3.05, 3.63) is 59.7 Å². The number of methoxy groups -OCH3 is 1. The molecule has 0 aliphatic carbocycles. The van der Waals surface area contributed by atoms with Crippen LogP contribution in [0.3, 0.4) is 0 Å². The first-order valence-electron chi connectivity index (χ1n) is 9.36. The summed E-state index contributed by atoms with van der Waals surface area (Å²) >= 11 is 0. The van der Waals surface area contributed by atoms with Gasteiger partial charge in [0.15, 0.2) is 0 Å². The topological polar surface area (TPSA) is 68.2 Å². The van der Waals surface area contributed by atoms with Crippen LogP contribution in [0.1, 0.15) is 38.7 Å². The molecule has 0 saturated heterocycles. The Balaban J connectivity index is 2.43. The Morgan fingerprint density at radius 3 is 2.63 bits per heavy atom. The molecule has 2 atom stereocenters. The van der Waals surface area contributed by atoms with Crippen molar-refractivity contribution in [2.75, 3.05) is 27.1 Å². The number of aliphatic hydroxyl groups is 2. The third-order valence-electron chi connectivity index (χ3n) is 4.48. The van der Waals surface area contributed by atoms with Crippen molar-refractivity contribution in [2.24, 2.45) is 0 Å². The second kappa shape index (κ2) is 13.6. The molecule has 152 valence electrons. The zero-order valence-electron chi connectivity index (χ0n) is 16.8. The molecule has 0 unspecified atom stereocenters. The number of aliphatic hydroxyl groups excluding tert-OH is 2. The standard InChI is InChI=1S/C22H34O5/c1-19(13-16-26-17-20-9-5-4-6-10-20)11-12-21(24)22(2,27-18-25-3)14-7-8-15-23/h4-10,13,21,23-24H,11-12,14-18H2,1-3H3/b8-7+,19-13+/t21-,22+/m0/s1. The maximum Gasteiger partial charge on any atom is 0.147 e. The van der Waals surface area contributed by atoms with Gasteiger partial charge in [0.1, 0.15) is 6.79 Å². The molecule has 0 radical (unpaired) electrons. The van der Waals surface area contributed by atoms with Crippen LogP contribution in [0.15, 0.2) is 54.1 Å². The Bertz CT molecular complexity index is 555. The van der Waals surface area contributed by atoms with E-state index in [2.05, 4.69) is 6.08 Å². The van der Waals surface area contributed by atoms with Crippen molar-refractivity contribution >= 4 is 0 Å². The molecule has 0 spiro atoms. The van der Waals surface area contributed by atoms with Gasteiger partial charge in [-0.1, -0.05) is 54.1 Å². The van der Waals surface area contributed by atoms with Gasteiger partial charge in [0.05, 0.1) is 31.5 Å². The number of hydrogen-bond acceptors (Lipinski definition) is 5. The summed E-state index contributed by atoms with van der Waals surface area (Å²) < 4.78 is 16.4. The SMILES string of the molecule is COCO[C@](C)(C/C=C/CO)[C@@H](O)CC/C(C)=C/COCc1ccccc1. The van der Waals surface area contributed by atoms with E-state index in [0.717, 1.165) is 12.0 Å². The maximum atomic E-state index is 10.6. The molecule has 2 N–H and O–H groups in total. The minimum absolute atomic E-state index is 0.0265.